The highest BCUT2D eigenvalue weighted by Crippen LogP contribution is 2.34. The van der Waals surface area contributed by atoms with Crippen LogP contribution in [0.2, 0.25) is 0 Å². The van der Waals surface area contributed by atoms with Gasteiger partial charge in [-0.1, -0.05) is 37.3 Å². The Hall–Kier alpha value is -2.73. The number of imidazole rings is 1. The number of hydrogen-bond donors (Lipinski definition) is 1. The summed E-state index contributed by atoms with van der Waals surface area (Å²) in [6.45, 7) is 6.06. The van der Waals surface area contributed by atoms with Gasteiger partial charge in [-0.05, 0) is 25.9 Å². The van der Waals surface area contributed by atoms with Gasteiger partial charge in [-0.2, -0.15) is 0 Å². The first-order chi connectivity index (χ1) is 13.2. The zero-order chi connectivity index (χ0) is 18.6. The predicted molar refractivity (Wildman–Crippen MR) is 106 cm³/mol. The molecule has 27 heavy (non-hydrogen) atoms. The van der Waals surface area contributed by atoms with Crippen LogP contribution in [0, 0.1) is 0 Å². The lowest BCUT2D eigenvalue weighted by molar-refractivity contribution is 0.214. The maximum absolute atomic E-state index is 11.6. The summed E-state index contributed by atoms with van der Waals surface area (Å²) in [6.07, 6.45) is 5.71. The molecule has 4 rings (SSSR count). The molecule has 1 unspecified atom stereocenters. The van der Waals surface area contributed by atoms with Gasteiger partial charge in [0.15, 0.2) is 0 Å². The third-order valence-electron chi connectivity index (χ3n) is 5.33. The number of rotatable bonds is 5. The summed E-state index contributed by atoms with van der Waals surface area (Å²) in [5, 5.41) is 0. The van der Waals surface area contributed by atoms with Gasteiger partial charge in [0, 0.05) is 24.1 Å². The van der Waals surface area contributed by atoms with Crippen LogP contribution < -0.4 is 5.56 Å². The first-order valence-corrected chi connectivity index (χ1v) is 9.61. The molecule has 6 nitrogen and oxygen atoms in total. The lowest BCUT2D eigenvalue weighted by Gasteiger charge is -2.32. The van der Waals surface area contributed by atoms with Crippen molar-refractivity contribution in [1.29, 1.82) is 0 Å². The normalized spacial score (nSPS) is 17.9. The molecule has 0 saturated carbocycles. The number of nitrogens with one attached hydrogen (secondary N) is 1. The topological polar surface area (TPSA) is 66.8 Å². The number of aromatic amines is 1. The van der Waals surface area contributed by atoms with E-state index in [1.807, 2.05) is 12.4 Å². The third-order valence-corrected chi connectivity index (χ3v) is 5.33. The van der Waals surface area contributed by atoms with Crippen LogP contribution >= 0.6 is 0 Å². The zero-order valence-corrected chi connectivity index (χ0v) is 15.6. The van der Waals surface area contributed by atoms with Gasteiger partial charge < -0.3 is 14.5 Å². The van der Waals surface area contributed by atoms with Crippen molar-refractivity contribution in [3.05, 3.63) is 70.8 Å². The van der Waals surface area contributed by atoms with Crippen molar-refractivity contribution in [2.45, 2.75) is 32.2 Å². The minimum atomic E-state index is -0.125. The van der Waals surface area contributed by atoms with Crippen LogP contribution in [0.3, 0.4) is 0 Å². The highest BCUT2D eigenvalue weighted by molar-refractivity contribution is 5.62. The minimum absolute atomic E-state index is 0.125. The van der Waals surface area contributed by atoms with Crippen LogP contribution in [0.15, 0.2) is 53.8 Å². The standard InChI is InChI=1S/C21H25N5O/c1-2-25-10-6-9-17(12-25)21-20(16-7-4-3-5-8-16)24-15-26(21)13-18-11-19(27)23-14-22-18/h3-5,7-8,11,14-15,17H,2,6,9-10,12-13H2,1H3,(H,22,23,27). The van der Waals surface area contributed by atoms with Gasteiger partial charge in [-0.25, -0.2) is 9.97 Å². The molecule has 3 aromatic rings. The molecule has 0 spiro atoms. The van der Waals surface area contributed by atoms with Gasteiger partial charge in [0.05, 0.1) is 36.3 Å². The number of nitrogens with zero attached hydrogens (tertiary/aromatic N) is 4. The van der Waals surface area contributed by atoms with Gasteiger partial charge in [0.25, 0.3) is 5.56 Å². The number of likely N-dealkylation sites (tertiary alicyclic amines) is 1. The van der Waals surface area contributed by atoms with Crippen molar-refractivity contribution in [3.8, 4) is 11.3 Å². The molecule has 2 aromatic heterocycles. The Morgan fingerprint density at radius 3 is 2.85 bits per heavy atom. The van der Waals surface area contributed by atoms with Gasteiger partial charge >= 0.3 is 0 Å². The van der Waals surface area contributed by atoms with Crippen molar-refractivity contribution >= 4 is 0 Å². The Labute approximate surface area is 158 Å². The zero-order valence-electron chi connectivity index (χ0n) is 15.6. The van der Waals surface area contributed by atoms with E-state index in [0.29, 0.717) is 12.5 Å². The molecule has 3 heterocycles. The molecule has 0 aliphatic carbocycles. The average molecular weight is 363 g/mol. The molecule has 0 amide bonds. The van der Waals surface area contributed by atoms with Crippen LogP contribution in [0.1, 0.15) is 37.1 Å². The van der Waals surface area contributed by atoms with Gasteiger partial charge in [0.2, 0.25) is 0 Å². The smallest absolute Gasteiger partial charge is 0.250 e. The maximum Gasteiger partial charge on any atom is 0.250 e. The summed E-state index contributed by atoms with van der Waals surface area (Å²) < 4.78 is 2.17. The Balaban J connectivity index is 1.74. The van der Waals surface area contributed by atoms with E-state index in [0.717, 1.165) is 43.0 Å². The minimum Gasteiger partial charge on any atom is -0.328 e. The van der Waals surface area contributed by atoms with E-state index in [1.54, 1.807) is 6.07 Å². The number of aromatic nitrogens is 4. The van der Waals surface area contributed by atoms with Crippen molar-refractivity contribution in [3.63, 3.8) is 0 Å². The molecule has 1 atom stereocenters. The predicted octanol–water partition coefficient (Wildman–Crippen LogP) is 2.88. The molecule has 1 aromatic carbocycles. The number of likely N-dealkylation sites (N-methyl/N-ethyl adjacent to an activating group) is 1. The molecular formula is C21H25N5O. The monoisotopic (exact) mass is 363 g/mol. The van der Waals surface area contributed by atoms with Gasteiger partial charge in [0.1, 0.15) is 0 Å². The first kappa shape index (κ1) is 17.7. The van der Waals surface area contributed by atoms with E-state index in [2.05, 4.69) is 50.6 Å². The number of piperidine rings is 1. The highest BCUT2D eigenvalue weighted by Gasteiger charge is 2.27. The molecule has 0 bridgehead atoms. The molecule has 0 radical (unpaired) electrons. The summed E-state index contributed by atoms with van der Waals surface area (Å²) >= 11 is 0. The highest BCUT2D eigenvalue weighted by atomic mass is 16.1. The quantitative estimate of drug-likeness (QED) is 0.757. The van der Waals surface area contributed by atoms with E-state index < -0.39 is 0 Å². The molecule has 1 aliphatic rings. The summed E-state index contributed by atoms with van der Waals surface area (Å²) in [5.74, 6) is 0.429. The van der Waals surface area contributed by atoms with E-state index in [4.69, 9.17) is 4.98 Å². The van der Waals surface area contributed by atoms with Crippen LogP contribution in [0.25, 0.3) is 11.3 Å². The van der Waals surface area contributed by atoms with Crippen molar-refractivity contribution < 1.29 is 0 Å². The van der Waals surface area contributed by atoms with E-state index in [9.17, 15) is 4.79 Å². The van der Waals surface area contributed by atoms with Crippen LogP contribution in [0.4, 0.5) is 0 Å². The van der Waals surface area contributed by atoms with Crippen molar-refractivity contribution in [2.24, 2.45) is 0 Å². The Kier molecular flexibility index (Phi) is 5.16. The molecule has 140 valence electrons. The Bertz CT molecular complexity index is 946. The van der Waals surface area contributed by atoms with E-state index in [1.165, 1.54) is 18.4 Å². The maximum atomic E-state index is 11.6. The fourth-order valence-electron chi connectivity index (χ4n) is 4.00. The van der Waals surface area contributed by atoms with Gasteiger partial charge in [-0.15, -0.1) is 0 Å². The number of hydrogen-bond acceptors (Lipinski definition) is 4. The second-order valence-corrected chi connectivity index (χ2v) is 7.11. The molecule has 6 heteroatoms. The SMILES string of the molecule is CCN1CCCC(c2c(-c3ccccc3)ncn2Cc2cc(=O)[nH]cn2)C1. The molecule has 1 aliphatic heterocycles. The van der Waals surface area contributed by atoms with Crippen LogP contribution in [-0.2, 0) is 6.54 Å². The van der Waals surface area contributed by atoms with Crippen LogP contribution in [0.5, 0.6) is 0 Å². The van der Waals surface area contributed by atoms with Crippen molar-refractivity contribution in [1.82, 2.24) is 24.4 Å². The first-order valence-electron chi connectivity index (χ1n) is 9.61. The number of benzene rings is 1. The Morgan fingerprint density at radius 1 is 1.22 bits per heavy atom. The fraction of sp³-hybridized carbons (Fsp3) is 0.381. The fourth-order valence-corrected chi connectivity index (χ4v) is 4.00. The summed E-state index contributed by atoms with van der Waals surface area (Å²) in [7, 11) is 0. The Morgan fingerprint density at radius 2 is 2.07 bits per heavy atom. The van der Waals surface area contributed by atoms with Gasteiger partial charge in [-0.3, -0.25) is 4.79 Å². The lowest BCUT2D eigenvalue weighted by atomic mass is 9.91. The van der Waals surface area contributed by atoms with E-state index >= 15 is 0 Å². The van der Waals surface area contributed by atoms with Crippen LogP contribution in [-0.4, -0.2) is 44.1 Å². The average Bonchev–Trinajstić information content (AvgIpc) is 3.12. The molecule has 1 saturated heterocycles. The molecule has 1 N–H and O–H groups in total. The number of H-pyrrole nitrogens is 1. The largest absolute Gasteiger partial charge is 0.328 e. The van der Waals surface area contributed by atoms with E-state index in [-0.39, 0.29) is 5.56 Å². The second-order valence-electron chi connectivity index (χ2n) is 7.11. The summed E-state index contributed by atoms with van der Waals surface area (Å²) in [4.78, 5) is 25.8. The third kappa shape index (κ3) is 3.85. The summed E-state index contributed by atoms with van der Waals surface area (Å²) in [6, 6.07) is 11.9. The van der Waals surface area contributed by atoms with Crippen molar-refractivity contribution in [2.75, 3.05) is 19.6 Å². The molecule has 1 fully saturated rings. The molecular weight excluding hydrogens is 338 g/mol. The second kappa shape index (κ2) is 7.88. The lowest BCUT2D eigenvalue weighted by Crippen LogP contribution is -2.35. The summed E-state index contributed by atoms with van der Waals surface area (Å²) in [5.41, 5.74) is 4.06.